The molecular weight excluding hydrogens is 180 g/mol. The first-order valence-electron chi connectivity index (χ1n) is 4.44. The number of hydrogen-bond acceptors (Lipinski definition) is 4. The maximum atomic E-state index is 10.7. The minimum atomic E-state index is -0.0522. The number of likely N-dealkylation sites (N-methyl/N-ethyl adjacent to an activating group) is 1. The topological polar surface area (TPSA) is 53.4 Å². The lowest BCUT2D eigenvalue weighted by molar-refractivity contribution is 0.112. The fourth-order valence-corrected chi connectivity index (χ4v) is 1.13. The second-order valence-corrected chi connectivity index (χ2v) is 3.18. The van der Waals surface area contributed by atoms with Crippen molar-refractivity contribution in [1.82, 2.24) is 4.98 Å². The van der Waals surface area contributed by atoms with Gasteiger partial charge >= 0.3 is 0 Å². The molecule has 1 heterocycles. The second kappa shape index (κ2) is 4.72. The molecule has 76 valence electrons. The Balaban J connectivity index is 2.99. The summed E-state index contributed by atoms with van der Waals surface area (Å²) >= 11 is 0. The Morgan fingerprint density at radius 1 is 1.71 bits per heavy atom. The molecule has 4 nitrogen and oxygen atoms in total. The van der Waals surface area contributed by atoms with Crippen molar-refractivity contribution in [2.45, 2.75) is 13.0 Å². The molecule has 0 saturated heterocycles. The third-order valence-electron chi connectivity index (χ3n) is 2.20. The highest BCUT2D eigenvalue weighted by Crippen LogP contribution is 2.15. The van der Waals surface area contributed by atoms with Gasteiger partial charge in [0.25, 0.3) is 0 Å². The lowest BCUT2D eigenvalue weighted by Gasteiger charge is -2.25. The van der Waals surface area contributed by atoms with Gasteiger partial charge in [0, 0.05) is 13.2 Å². The number of carbonyl (C=O) groups excluding carboxylic acids is 1. The zero-order chi connectivity index (χ0) is 10.6. The number of aliphatic hydroxyl groups is 1. The lowest BCUT2D eigenvalue weighted by Crippen LogP contribution is -2.33. The largest absolute Gasteiger partial charge is 0.394 e. The SMILES string of the molecule is CC(CO)N(C)c1ncccc1C=O. The highest BCUT2D eigenvalue weighted by molar-refractivity contribution is 5.82. The van der Waals surface area contributed by atoms with Crippen molar-refractivity contribution in [1.29, 1.82) is 0 Å². The van der Waals surface area contributed by atoms with Crippen LogP contribution in [0.25, 0.3) is 0 Å². The number of aromatic nitrogens is 1. The molecule has 0 saturated carbocycles. The molecular formula is C10H14N2O2. The van der Waals surface area contributed by atoms with Gasteiger partial charge < -0.3 is 10.0 Å². The van der Waals surface area contributed by atoms with Gasteiger partial charge in [0.15, 0.2) is 6.29 Å². The van der Waals surface area contributed by atoms with Crippen LogP contribution in [0, 0.1) is 0 Å². The first-order chi connectivity index (χ1) is 6.70. The summed E-state index contributed by atoms with van der Waals surface area (Å²) < 4.78 is 0. The van der Waals surface area contributed by atoms with Gasteiger partial charge in [0.05, 0.1) is 18.2 Å². The molecule has 1 atom stereocenters. The van der Waals surface area contributed by atoms with Crippen LogP contribution in [0.2, 0.25) is 0 Å². The fourth-order valence-electron chi connectivity index (χ4n) is 1.13. The second-order valence-electron chi connectivity index (χ2n) is 3.18. The molecule has 1 unspecified atom stereocenters. The van der Waals surface area contributed by atoms with Crippen LogP contribution in [0.15, 0.2) is 18.3 Å². The molecule has 0 radical (unpaired) electrons. The molecule has 0 amide bonds. The summed E-state index contributed by atoms with van der Waals surface area (Å²) in [5.74, 6) is 0.601. The van der Waals surface area contributed by atoms with E-state index in [9.17, 15) is 4.79 Å². The van der Waals surface area contributed by atoms with Gasteiger partial charge in [-0.3, -0.25) is 4.79 Å². The molecule has 1 rings (SSSR count). The Labute approximate surface area is 83.2 Å². The number of pyridine rings is 1. The molecule has 0 aliphatic rings. The van der Waals surface area contributed by atoms with Crippen molar-refractivity contribution >= 4 is 12.1 Å². The first-order valence-corrected chi connectivity index (χ1v) is 4.44. The number of aldehydes is 1. The van der Waals surface area contributed by atoms with E-state index in [1.807, 2.05) is 6.92 Å². The molecule has 0 aliphatic carbocycles. The highest BCUT2D eigenvalue weighted by Gasteiger charge is 2.12. The fraction of sp³-hybridized carbons (Fsp3) is 0.400. The van der Waals surface area contributed by atoms with E-state index < -0.39 is 0 Å². The van der Waals surface area contributed by atoms with Crippen LogP contribution in [0.3, 0.4) is 0 Å². The van der Waals surface area contributed by atoms with Crippen LogP contribution in [-0.4, -0.2) is 36.1 Å². The number of anilines is 1. The third-order valence-corrected chi connectivity index (χ3v) is 2.20. The standard InChI is InChI=1S/C10H14N2O2/c1-8(6-13)12(2)10-9(7-14)4-3-5-11-10/h3-5,7-8,13H,6H2,1-2H3. The van der Waals surface area contributed by atoms with E-state index in [4.69, 9.17) is 5.11 Å². The number of hydrogen-bond donors (Lipinski definition) is 1. The molecule has 0 bridgehead atoms. The Hall–Kier alpha value is -1.42. The number of nitrogens with zero attached hydrogens (tertiary/aromatic N) is 2. The van der Waals surface area contributed by atoms with Gasteiger partial charge in [-0.05, 0) is 19.1 Å². The molecule has 0 aliphatic heterocycles. The van der Waals surface area contributed by atoms with E-state index in [2.05, 4.69) is 4.98 Å². The van der Waals surface area contributed by atoms with Crippen LogP contribution in [0.5, 0.6) is 0 Å². The van der Waals surface area contributed by atoms with Crippen LogP contribution in [-0.2, 0) is 0 Å². The monoisotopic (exact) mass is 194 g/mol. The normalized spacial score (nSPS) is 12.2. The molecule has 14 heavy (non-hydrogen) atoms. The smallest absolute Gasteiger partial charge is 0.153 e. The molecule has 0 spiro atoms. The highest BCUT2D eigenvalue weighted by atomic mass is 16.3. The lowest BCUT2D eigenvalue weighted by atomic mass is 10.2. The van der Waals surface area contributed by atoms with Crippen molar-refractivity contribution in [3.05, 3.63) is 23.9 Å². The predicted molar refractivity (Wildman–Crippen MR) is 54.6 cm³/mol. The summed E-state index contributed by atoms with van der Waals surface area (Å²) in [7, 11) is 1.80. The summed E-state index contributed by atoms with van der Waals surface area (Å²) in [6.45, 7) is 1.90. The summed E-state index contributed by atoms with van der Waals surface area (Å²) in [4.78, 5) is 16.6. The molecule has 1 aromatic heterocycles. The Morgan fingerprint density at radius 2 is 2.43 bits per heavy atom. The molecule has 4 heteroatoms. The maximum Gasteiger partial charge on any atom is 0.153 e. The van der Waals surface area contributed by atoms with Crippen molar-refractivity contribution in [2.24, 2.45) is 0 Å². The van der Waals surface area contributed by atoms with Gasteiger partial charge in [0.2, 0.25) is 0 Å². The molecule has 1 aromatic rings. The summed E-state index contributed by atoms with van der Waals surface area (Å²) in [5.41, 5.74) is 0.537. The van der Waals surface area contributed by atoms with Crippen molar-refractivity contribution < 1.29 is 9.90 Å². The maximum absolute atomic E-state index is 10.7. The minimum absolute atomic E-state index is 0.0331. The Bertz CT molecular complexity index is 315. The van der Waals surface area contributed by atoms with E-state index in [-0.39, 0.29) is 12.6 Å². The van der Waals surface area contributed by atoms with E-state index in [1.165, 1.54) is 0 Å². The minimum Gasteiger partial charge on any atom is -0.394 e. The van der Waals surface area contributed by atoms with Crippen LogP contribution >= 0.6 is 0 Å². The van der Waals surface area contributed by atoms with E-state index in [0.29, 0.717) is 11.4 Å². The van der Waals surface area contributed by atoms with Gasteiger partial charge in [-0.15, -0.1) is 0 Å². The average molecular weight is 194 g/mol. The number of carbonyl (C=O) groups is 1. The van der Waals surface area contributed by atoms with Gasteiger partial charge in [-0.2, -0.15) is 0 Å². The summed E-state index contributed by atoms with van der Waals surface area (Å²) in [6, 6.07) is 3.37. The third kappa shape index (κ3) is 2.09. The van der Waals surface area contributed by atoms with E-state index in [0.717, 1.165) is 6.29 Å². The van der Waals surface area contributed by atoms with E-state index in [1.54, 1.807) is 30.3 Å². The Kier molecular flexibility index (Phi) is 3.59. The number of rotatable bonds is 4. The van der Waals surface area contributed by atoms with Crippen LogP contribution in [0.4, 0.5) is 5.82 Å². The zero-order valence-electron chi connectivity index (χ0n) is 8.34. The number of aliphatic hydroxyl groups excluding tert-OH is 1. The Morgan fingerprint density at radius 3 is 3.00 bits per heavy atom. The molecule has 0 fully saturated rings. The molecule has 0 aromatic carbocycles. The van der Waals surface area contributed by atoms with Gasteiger partial charge in [-0.1, -0.05) is 0 Å². The summed E-state index contributed by atoms with van der Waals surface area (Å²) in [6.07, 6.45) is 2.39. The van der Waals surface area contributed by atoms with Gasteiger partial charge in [0.1, 0.15) is 5.82 Å². The van der Waals surface area contributed by atoms with Crippen LogP contribution in [0.1, 0.15) is 17.3 Å². The van der Waals surface area contributed by atoms with Crippen molar-refractivity contribution in [3.8, 4) is 0 Å². The van der Waals surface area contributed by atoms with Crippen molar-refractivity contribution in [2.75, 3.05) is 18.6 Å². The van der Waals surface area contributed by atoms with E-state index >= 15 is 0 Å². The van der Waals surface area contributed by atoms with Crippen LogP contribution < -0.4 is 4.90 Å². The summed E-state index contributed by atoms with van der Waals surface area (Å²) in [5, 5.41) is 8.97. The first kappa shape index (κ1) is 10.7. The quantitative estimate of drug-likeness (QED) is 0.717. The molecule has 1 N–H and O–H groups in total. The predicted octanol–water partition coefficient (Wildman–Crippen LogP) is 0.711. The van der Waals surface area contributed by atoms with Crippen molar-refractivity contribution in [3.63, 3.8) is 0 Å². The zero-order valence-corrected chi connectivity index (χ0v) is 8.34. The average Bonchev–Trinajstić information content (AvgIpc) is 2.26. The van der Waals surface area contributed by atoms with Gasteiger partial charge in [-0.25, -0.2) is 4.98 Å².